The van der Waals surface area contributed by atoms with Crippen molar-refractivity contribution < 1.29 is 5.11 Å². The Bertz CT molecular complexity index is 1260. The molecule has 2 N–H and O–H groups in total. The molecule has 0 bridgehead atoms. The maximum atomic E-state index is 9.86. The van der Waals surface area contributed by atoms with Gasteiger partial charge in [-0.2, -0.15) is 5.21 Å². The Labute approximate surface area is 211 Å². The van der Waals surface area contributed by atoms with Crippen LogP contribution >= 0.6 is 11.6 Å². The predicted molar refractivity (Wildman–Crippen MR) is 139 cm³/mol. The zero-order valence-corrected chi connectivity index (χ0v) is 21.6. The van der Waals surface area contributed by atoms with Gasteiger partial charge in [0.05, 0.1) is 12.3 Å². The van der Waals surface area contributed by atoms with Gasteiger partial charge in [0, 0.05) is 18.5 Å². The average Bonchev–Trinajstić information content (AvgIpc) is 3.45. The number of hydrogen-bond acceptors (Lipinski definition) is 5. The van der Waals surface area contributed by atoms with Gasteiger partial charge < -0.3 is 9.67 Å². The molecule has 7 nitrogen and oxygen atoms in total. The number of halogens is 1. The molecule has 2 aromatic heterocycles. The molecule has 0 saturated carbocycles. The highest BCUT2D eigenvalue weighted by atomic mass is 35.5. The fourth-order valence-electron chi connectivity index (χ4n) is 4.37. The molecule has 0 atom stereocenters. The summed E-state index contributed by atoms with van der Waals surface area (Å²) in [6.45, 7) is 9.33. The van der Waals surface area contributed by atoms with Crippen molar-refractivity contribution in [1.82, 2.24) is 30.2 Å². The third-order valence-corrected chi connectivity index (χ3v) is 6.32. The van der Waals surface area contributed by atoms with E-state index in [1.807, 2.05) is 4.57 Å². The summed E-state index contributed by atoms with van der Waals surface area (Å²) >= 11 is 6.31. The summed E-state index contributed by atoms with van der Waals surface area (Å²) in [6.07, 6.45) is 3.90. The molecule has 4 rings (SSSR count). The minimum atomic E-state index is -0.134. The lowest BCUT2D eigenvalue weighted by molar-refractivity contribution is 0.271. The first-order valence-electron chi connectivity index (χ1n) is 12.1. The van der Waals surface area contributed by atoms with Crippen LogP contribution in [-0.4, -0.2) is 35.3 Å². The molecule has 0 fully saturated rings. The van der Waals surface area contributed by atoms with E-state index < -0.39 is 0 Å². The normalized spacial score (nSPS) is 11.8. The van der Waals surface area contributed by atoms with Gasteiger partial charge in [0.2, 0.25) is 5.82 Å². The molecule has 0 spiro atoms. The standard InChI is InChI=1S/C27H33ClN6O/c1-5-6-7-24-29-25(28)23(17-35)34(24)16-18-8-11-20(12-9-18)21-13-10-19(15-27(2,3)4)14-22(21)26-30-32-33-31-26/h8-14,35H,5-7,15-17H2,1-4H3,(H,30,31,32,33). The van der Waals surface area contributed by atoms with E-state index in [1.165, 1.54) is 5.56 Å². The van der Waals surface area contributed by atoms with Crippen molar-refractivity contribution in [2.24, 2.45) is 5.41 Å². The van der Waals surface area contributed by atoms with Crippen molar-refractivity contribution >= 4 is 11.6 Å². The number of benzene rings is 2. The monoisotopic (exact) mass is 492 g/mol. The van der Waals surface area contributed by atoms with Gasteiger partial charge in [0.25, 0.3) is 0 Å². The molecule has 8 heteroatoms. The Morgan fingerprint density at radius 1 is 1.03 bits per heavy atom. The van der Waals surface area contributed by atoms with Gasteiger partial charge in [0.15, 0.2) is 5.15 Å². The molecule has 0 saturated heterocycles. The number of tetrazole rings is 1. The van der Waals surface area contributed by atoms with Gasteiger partial charge in [0.1, 0.15) is 5.82 Å². The highest BCUT2D eigenvalue weighted by Gasteiger charge is 2.18. The minimum Gasteiger partial charge on any atom is -0.390 e. The first-order chi connectivity index (χ1) is 16.8. The average molecular weight is 493 g/mol. The molecule has 0 aliphatic rings. The van der Waals surface area contributed by atoms with Gasteiger partial charge in [-0.25, -0.2) is 4.98 Å². The Hall–Kier alpha value is -3.03. The second-order valence-corrected chi connectivity index (χ2v) is 10.5. The number of nitrogens with zero attached hydrogens (tertiary/aromatic N) is 5. The summed E-state index contributed by atoms with van der Waals surface area (Å²) in [4.78, 5) is 4.50. The topological polar surface area (TPSA) is 92.5 Å². The molecule has 4 aromatic rings. The summed E-state index contributed by atoms with van der Waals surface area (Å²) in [5.41, 5.74) is 6.28. The number of imidazole rings is 1. The fraction of sp³-hybridized carbons (Fsp3) is 0.407. The van der Waals surface area contributed by atoms with Gasteiger partial charge in [-0.05, 0) is 51.8 Å². The van der Waals surface area contributed by atoms with E-state index >= 15 is 0 Å². The van der Waals surface area contributed by atoms with Crippen molar-refractivity contribution in [3.63, 3.8) is 0 Å². The minimum absolute atomic E-state index is 0.134. The number of hydrogen-bond donors (Lipinski definition) is 2. The van der Waals surface area contributed by atoms with E-state index in [9.17, 15) is 5.11 Å². The van der Waals surface area contributed by atoms with E-state index in [0.717, 1.165) is 53.8 Å². The lowest BCUT2D eigenvalue weighted by atomic mass is 9.86. The molecular formula is C27H33ClN6O. The number of H-pyrrole nitrogens is 1. The maximum Gasteiger partial charge on any atom is 0.205 e. The number of nitrogens with one attached hydrogen (secondary N) is 1. The highest BCUT2D eigenvalue weighted by Crippen LogP contribution is 2.33. The Morgan fingerprint density at radius 2 is 1.77 bits per heavy atom. The van der Waals surface area contributed by atoms with Crippen LogP contribution in [0, 0.1) is 5.41 Å². The number of rotatable bonds is 9. The quantitative estimate of drug-likeness (QED) is 0.305. The first-order valence-corrected chi connectivity index (χ1v) is 12.5. The van der Waals surface area contributed by atoms with Gasteiger partial charge in [-0.15, -0.1) is 10.2 Å². The second kappa shape index (κ2) is 10.7. The highest BCUT2D eigenvalue weighted by molar-refractivity contribution is 6.30. The number of aromatic amines is 1. The largest absolute Gasteiger partial charge is 0.390 e. The molecule has 2 heterocycles. The molecule has 0 aliphatic carbocycles. The SMILES string of the molecule is CCCCc1nc(Cl)c(CO)n1Cc1ccc(-c2ccc(CC(C)(C)C)cc2-c2nn[nH]n2)cc1. The first kappa shape index (κ1) is 25.1. The predicted octanol–water partition coefficient (Wildman–Crippen LogP) is 5.86. The Balaban J connectivity index is 1.65. The molecule has 0 aliphatic heterocycles. The number of aryl methyl sites for hydroxylation is 1. The van der Waals surface area contributed by atoms with Crippen LogP contribution in [0.2, 0.25) is 5.15 Å². The number of aromatic nitrogens is 6. The van der Waals surface area contributed by atoms with E-state index in [0.29, 0.717) is 23.2 Å². The van der Waals surface area contributed by atoms with Gasteiger partial charge in [-0.1, -0.05) is 82.1 Å². The van der Waals surface area contributed by atoms with Crippen LogP contribution in [0.15, 0.2) is 42.5 Å². The molecule has 0 radical (unpaired) electrons. The van der Waals surface area contributed by atoms with Crippen molar-refractivity contribution in [2.75, 3.05) is 0 Å². The lowest BCUT2D eigenvalue weighted by Gasteiger charge is -2.19. The third-order valence-electron chi connectivity index (χ3n) is 6.02. The van der Waals surface area contributed by atoms with Crippen LogP contribution in [0.3, 0.4) is 0 Å². The molecule has 2 aromatic carbocycles. The second-order valence-electron chi connectivity index (χ2n) is 10.2. The number of unbranched alkanes of at least 4 members (excludes halogenated alkanes) is 1. The Kier molecular flexibility index (Phi) is 7.67. The third kappa shape index (κ3) is 5.97. The Morgan fingerprint density at radius 3 is 2.40 bits per heavy atom. The molecule has 184 valence electrons. The van der Waals surface area contributed by atoms with Crippen LogP contribution in [-0.2, 0) is 26.0 Å². The summed E-state index contributed by atoms with van der Waals surface area (Å²) in [5.74, 6) is 1.50. The zero-order valence-electron chi connectivity index (χ0n) is 20.8. The van der Waals surface area contributed by atoms with E-state index in [2.05, 4.69) is 95.8 Å². The smallest absolute Gasteiger partial charge is 0.205 e. The van der Waals surface area contributed by atoms with Crippen LogP contribution in [0.4, 0.5) is 0 Å². The van der Waals surface area contributed by atoms with E-state index in [4.69, 9.17) is 11.6 Å². The lowest BCUT2D eigenvalue weighted by Crippen LogP contribution is -2.09. The van der Waals surface area contributed by atoms with Crippen molar-refractivity contribution in [2.45, 2.75) is 66.5 Å². The number of aliphatic hydroxyl groups is 1. The van der Waals surface area contributed by atoms with E-state index in [1.54, 1.807) is 0 Å². The molecule has 0 unspecified atom stereocenters. The van der Waals surface area contributed by atoms with Crippen LogP contribution in [0.5, 0.6) is 0 Å². The summed E-state index contributed by atoms with van der Waals surface area (Å²) in [5, 5.41) is 25.1. The molecular weight excluding hydrogens is 460 g/mol. The van der Waals surface area contributed by atoms with Crippen molar-refractivity contribution in [1.29, 1.82) is 0 Å². The van der Waals surface area contributed by atoms with Crippen LogP contribution in [0.1, 0.15) is 63.2 Å². The van der Waals surface area contributed by atoms with Crippen LogP contribution < -0.4 is 0 Å². The fourth-order valence-corrected chi connectivity index (χ4v) is 4.63. The summed E-state index contributed by atoms with van der Waals surface area (Å²) in [7, 11) is 0. The van der Waals surface area contributed by atoms with E-state index in [-0.39, 0.29) is 12.0 Å². The molecule has 0 amide bonds. The van der Waals surface area contributed by atoms with Crippen LogP contribution in [0.25, 0.3) is 22.5 Å². The maximum absolute atomic E-state index is 9.86. The van der Waals surface area contributed by atoms with Gasteiger partial charge >= 0.3 is 0 Å². The summed E-state index contributed by atoms with van der Waals surface area (Å²) < 4.78 is 2.04. The van der Waals surface area contributed by atoms with Gasteiger partial charge in [-0.3, -0.25) is 0 Å². The summed E-state index contributed by atoms with van der Waals surface area (Å²) in [6, 6.07) is 14.9. The zero-order chi connectivity index (χ0) is 25.0. The van der Waals surface area contributed by atoms with Crippen molar-refractivity contribution in [3.8, 4) is 22.5 Å². The molecule has 35 heavy (non-hydrogen) atoms. The van der Waals surface area contributed by atoms with Crippen molar-refractivity contribution in [3.05, 3.63) is 70.3 Å². The number of aliphatic hydroxyl groups excluding tert-OH is 1.